The second-order valence-electron chi connectivity index (χ2n) is 8.87. The monoisotopic (exact) mass is 469 g/mol. The summed E-state index contributed by atoms with van der Waals surface area (Å²) in [6.45, 7) is 1.98. The lowest BCUT2D eigenvalue weighted by molar-refractivity contribution is -0.142. The Balaban J connectivity index is 1.54. The summed E-state index contributed by atoms with van der Waals surface area (Å²) < 4.78 is 11.0. The van der Waals surface area contributed by atoms with Crippen LogP contribution in [-0.2, 0) is 19.1 Å². The predicted octanol–water partition coefficient (Wildman–Crippen LogP) is 4.86. The first-order chi connectivity index (χ1) is 16.5. The van der Waals surface area contributed by atoms with E-state index in [1.807, 2.05) is 36.4 Å². The Kier molecular flexibility index (Phi) is 9.89. The summed E-state index contributed by atoms with van der Waals surface area (Å²) in [7, 11) is 0. The number of imide groups is 1. The van der Waals surface area contributed by atoms with E-state index in [4.69, 9.17) is 14.6 Å². The number of unbranched alkanes of at least 4 members (excludes halogenated alkanes) is 7. The number of carbonyl (C=O) groups is 3. The molecule has 0 radical (unpaired) electrons. The maximum atomic E-state index is 13.3. The van der Waals surface area contributed by atoms with Crippen LogP contribution in [0.25, 0.3) is 0 Å². The average molecular weight is 470 g/mol. The third-order valence-electron chi connectivity index (χ3n) is 6.30. The van der Waals surface area contributed by atoms with Gasteiger partial charge in [0.25, 0.3) is 0 Å². The van der Waals surface area contributed by atoms with Crippen LogP contribution in [-0.4, -0.2) is 47.1 Å². The van der Waals surface area contributed by atoms with Crippen molar-refractivity contribution in [3.05, 3.63) is 59.9 Å². The Hall–Kier alpha value is -2.93. The van der Waals surface area contributed by atoms with Gasteiger partial charge >= 0.3 is 6.09 Å². The molecule has 3 atom stereocenters. The fourth-order valence-electron chi connectivity index (χ4n) is 4.29. The zero-order chi connectivity index (χ0) is 24.3. The molecule has 34 heavy (non-hydrogen) atoms. The number of amides is 2. The Morgan fingerprint density at radius 1 is 1.06 bits per heavy atom. The molecule has 0 bridgehead atoms. The van der Waals surface area contributed by atoms with Gasteiger partial charge in [-0.15, -0.1) is 0 Å². The largest absolute Gasteiger partial charge is 0.482 e. The van der Waals surface area contributed by atoms with Crippen LogP contribution in [0.4, 0.5) is 4.79 Å². The third kappa shape index (κ3) is 6.79. The van der Waals surface area contributed by atoms with Crippen molar-refractivity contribution in [1.82, 2.24) is 4.90 Å². The van der Waals surface area contributed by atoms with E-state index in [-0.39, 0.29) is 19.0 Å². The van der Waals surface area contributed by atoms with Gasteiger partial charge in [0.1, 0.15) is 18.4 Å². The number of carbonyl (C=O) groups excluding carboxylic acids is 3. The fraction of sp³-hybridized carbons (Fsp3) is 0.519. The molecule has 0 saturated carbocycles. The number of ketones is 1. The van der Waals surface area contributed by atoms with Gasteiger partial charge in [0.2, 0.25) is 5.91 Å². The Morgan fingerprint density at radius 3 is 2.44 bits per heavy atom. The molecule has 1 fully saturated rings. The molecule has 2 amide bonds. The number of aliphatic hydroxyl groups is 1. The van der Waals surface area contributed by atoms with E-state index in [9.17, 15) is 14.4 Å². The van der Waals surface area contributed by atoms with E-state index in [1.165, 1.54) is 12.5 Å². The van der Waals surface area contributed by atoms with Gasteiger partial charge in [-0.3, -0.25) is 9.59 Å². The lowest BCUT2D eigenvalue weighted by atomic mass is 9.95. The number of ether oxygens (including phenoxy) is 2. The molecule has 7 nitrogen and oxygen atoms in total. The molecule has 2 aliphatic heterocycles. The van der Waals surface area contributed by atoms with Gasteiger partial charge in [0.15, 0.2) is 11.9 Å². The topological polar surface area (TPSA) is 93.1 Å². The summed E-state index contributed by atoms with van der Waals surface area (Å²) in [4.78, 5) is 39.2. The second-order valence-corrected chi connectivity index (χ2v) is 8.87. The van der Waals surface area contributed by atoms with Crippen LogP contribution in [0.3, 0.4) is 0 Å². The van der Waals surface area contributed by atoms with Gasteiger partial charge < -0.3 is 14.6 Å². The first kappa shape index (κ1) is 25.7. The number of hydrogen-bond donors (Lipinski definition) is 1. The van der Waals surface area contributed by atoms with E-state index in [2.05, 4.69) is 0 Å². The quantitative estimate of drug-likeness (QED) is 0.439. The minimum Gasteiger partial charge on any atom is -0.482 e. The molecule has 184 valence electrons. The van der Waals surface area contributed by atoms with Gasteiger partial charge in [-0.25, -0.2) is 9.69 Å². The number of benzene rings is 1. The van der Waals surface area contributed by atoms with Crippen LogP contribution in [0.2, 0.25) is 0 Å². The van der Waals surface area contributed by atoms with E-state index >= 15 is 0 Å². The molecule has 1 aromatic carbocycles. The van der Waals surface area contributed by atoms with Gasteiger partial charge in [0.05, 0.1) is 5.92 Å². The Morgan fingerprint density at radius 2 is 1.74 bits per heavy atom. The predicted molar refractivity (Wildman–Crippen MR) is 128 cm³/mol. The second kappa shape index (κ2) is 13.1. The summed E-state index contributed by atoms with van der Waals surface area (Å²) in [5, 5.41) is 8.80. The Bertz CT molecular complexity index is 894. The molecule has 0 spiro atoms. The molecule has 2 aliphatic rings. The lowest BCUT2D eigenvalue weighted by Crippen LogP contribution is -2.45. The van der Waals surface area contributed by atoms with Crippen LogP contribution in [0.15, 0.2) is 54.3 Å². The van der Waals surface area contributed by atoms with Crippen molar-refractivity contribution in [3.8, 4) is 0 Å². The smallest absolute Gasteiger partial charge is 0.417 e. The molecular formula is C27H35NO6. The summed E-state index contributed by atoms with van der Waals surface area (Å²) in [6, 6.07) is 8.73. The minimum absolute atomic E-state index is 0.0905. The van der Waals surface area contributed by atoms with Crippen molar-refractivity contribution >= 4 is 17.8 Å². The first-order valence-corrected chi connectivity index (χ1v) is 12.3. The van der Waals surface area contributed by atoms with Crippen LogP contribution >= 0.6 is 0 Å². The zero-order valence-corrected chi connectivity index (χ0v) is 19.9. The maximum Gasteiger partial charge on any atom is 0.417 e. The lowest BCUT2D eigenvalue weighted by Gasteiger charge is -2.29. The molecule has 0 aromatic heterocycles. The molecule has 1 N–H and O–H groups in total. The highest BCUT2D eigenvalue weighted by Crippen LogP contribution is 2.31. The summed E-state index contributed by atoms with van der Waals surface area (Å²) in [5.74, 6) is -1.03. The van der Waals surface area contributed by atoms with E-state index in [1.54, 1.807) is 13.0 Å². The fourth-order valence-corrected chi connectivity index (χ4v) is 4.29. The number of rotatable bonds is 12. The molecule has 2 heterocycles. The molecule has 0 unspecified atom stereocenters. The first-order valence-electron chi connectivity index (χ1n) is 12.3. The molecule has 7 heteroatoms. The summed E-state index contributed by atoms with van der Waals surface area (Å²) >= 11 is 0. The number of hydrogen-bond acceptors (Lipinski definition) is 6. The third-order valence-corrected chi connectivity index (χ3v) is 6.30. The number of cyclic esters (lactones) is 1. The molecule has 1 aromatic rings. The standard InChI is InChI=1S/C27H35NO6/c1-20(26(31)28-23(19-33-27(28)32)21-13-9-8-10-14-21)25-24(30)17-16-22(34-25)15-11-6-4-2-3-5-7-12-18-29/h8-10,13-17,20,23,25,29H,2-7,11-12,18-19H2,1H3/t20-,23+,25+/m0/s1. The summed E-state index contributed by atoms with van der Waals surface area (Å²) in [6.07, 6.45) is 11.8. The van der Waals surface area contributed by atoms with Crippen molar-refractivity contribution in [2.24, 2.45) is 5.92 Å². The van der Waals surface area contributed by atoms with Crippen LogP contribution in [0.1, 0.15) is 69.9 Å². The highest BCUT2D eigenvalue weighted by atomic mass is 16.6. The SMILES string of the molecule is C[C@H](C(=O)N1C(=O)OC[C@@H]1c1ccccc1)[C@H]1OC(=CCCCCCCCCCO)C=CC1=O. The average Bonchev–Trinajstić information content (AvgIpc) is 3.24. The van der Waals surface area contributed by atoms with Crippen molar-refractivity contribution in [3.63, 3.8) is 0 Å². The highest BCUT2D eigenvalue weighted by molar-refractivity contribution is 6.01. The normalized spacial score (nSPS) is 22.1. The van der Waals surface area contributed by atoms with Gasteiger partial charge in [-0.2, -0.15) is 0 Å². The van der Waals surface area contributed by atoms with Crippen molar-refractivity contribution < 1.29 is 29.0 Å². The molecule has 0 aliphatic carbocycles. The van der Waals surface area contributed by atoms with Gasteiger partial charge in [-0.05, 0) is 50.0 Å². The number of nitrogens with zero attached hydrogens (tertiary/aromatic N) is 1. The van der Waals surface area contributed by atoms with Crippen molar-refractivity contribution in [1.29, 1.82) is 0 Å². The number of allylic oxidation sites excluding steroid dienone is 2. The molecule has 1 saturated heterocycles. The Labute approximate surface area is 201 Å². The van der Waals surface area contributed by atoms with Gasteiger partial charge in [0, 0.05) is 6.61 Å². The van der Waals surface area contributed by atoms with Crippen molar-refractivity contribution in [2.75, 3.05) is 13.2 Å². The maximum absolute atomic E-state index is 13.3. The van der Waals surface area contributed by atoms with Crippen molar-refractivity contribution in [2.45, 2.75) is 70.4 Å². The van der Waals surface area contributed by atoms with Crippen LogP contribution in [0, 0.1) is 5.92 Å². The van der Waals surface area contributed by atoms with E-state index in [0.717, 1.165) is 55.4 Å². The minimum atomic E-state index is -0.972. The van der Waals surface area contributed by atoms with Crippen LogP contribution < -0.4 is 0 Å². The highest BCUT2D eigenvalue weighted by Gasteiger charge is 2.44. The zero-order valence-electron chi connectivity index (χ0n) is 19.9. The van der Waals surface area contributed by atoms with Crippen LogP contribution in [0.5, 0.6) is 0 Å². The number of aliphatic hydroxyl groups excluding tert-OH is 1. The molecule has 3 rings (SSSR count). The van der Waals surface area contributed by atoms with E-state index < -0.39 is 30.1 Å². The van der Waals surface area contributed by atoms with Gasteiger partial charge in [-0.1, -0.05) is 62.4 Å². The van der Waals surface area contributed by atoms with E-state index in [0.29, 0.717) is 5.76 Å². The summed E-state index contributed by atoms with van der Waals surface area (Å²) in [5.41, 5.74) is 0.804. The molecular weight excluding hydrogens is 434 g/mol.